The summed E-state index contributed by atoms with van der Waals surface area (Å²) in [6.45, 7) is 0.477. The minimum Gasteiger partial charge on any atom is -0.302 e. The van der Waals surface area contributed by atoms with Gasteiger partial charge in [-0.1, -0.05) is 42.5 Å². The fraction of sp³-hybridized carbons (Fsp3) is 0.0526. The summed E-state index contributed by atoms with van der Waals surface area (Å²) < 4.78 is 1.81. The zero-order valence-electron chi connectivity index (χ0n) is 11.9. The van der Waals surface area contributed by atoms with Crippen molar-refractivity contribution in [1.82, 2.24) is 9.55 Å². The third-order valence-electron chi connectivity index (χ3n) is 3.93. The van der Waals surface area contributed by atoms with Crippen LogP contribution in [0.2, 0.25) is 0 Å². The lowest BCUT2D eigenvalue weighted by Crippen LogP contribution is -2.21. The van der Waals surface area contributed by atoms with Crippen LogP contribution in [0.15, 0.2) is 77.7 Å². The monoisotopic (exact) mass is 286 g/mol. The SMILES string of the molecule is O=c1c2ccccc2c2ccccc2n1Cc1ccccn1. The molecule has 0 N–H and O–H groups in total. The summed E-state index contributed by atoms with van der Waals surface area (Å²) in [6, 6.07) is 21.6. The summed E-state index contributed by atoms with van der Waals surface area (Å²) in [5, 5.41) is 2.84. The van der Waals surface area contributed by atoms with Crippen molar-refractivity contribution in [3.8, 4) is 0 Å². The lowest BCUT2D eigenvalue weighted by molar-refractivity contribution is 0.778. The maximum Gasteiger partial charge on any atom is 0.259 e. The number of pyridine rings is 2. The second-order valence-electron chi connectivity index (χ2n) is 5.28. The molecule has 0 unspecified atom stereocenters. The highest BCUT2D eigenvalue weighted by molar-refractivity contribution is 6.05. The van der Waals surface area contributed by atoms with E-state index in [1.165, 1.54) is 0 Å². The quantitative estimate of drug-likeness (QED) is 0.528. The molecule has 3 heteroatoms. The molecule has 0 aliphatic carbocycles. The first-order valence-corrected chi connectivity index (χ1v) is 7.25. The van der Waals surface area contributed by atoms with Gasteiger partial charge in [0.2, 0.25) is 0 Å². The Hall–Kier alpha value is -2.94. The van der Waals surface area contributed by atoms with E-state index < -0.39 is 0 Å². The van der Waals surface area contributed by atoms with Crippen molar-refractivity contribution in [3.63, 3.8) is 0 Å². The van der Waals surface area contributed by atoms with Gasteiger partial charge in [-0.2, -0.15) is 0 Å². The van der Waals surface area contributed by atoms with E-state index in [4.69, 9.17) is 0 Å². The van der Waals surface area contributed by atoms with Crippen molar-refractivity contribution in [3.05, 3.63) is 89.0 Å². The van der Waals surface area contributed by atoms with Crippen molar-refractivity contribution in [2.75, 3.05) is 0 Å². The van der Waals surface area contributed by atoms with Gasteiger partial charge >= 0.3 is 0 Å². The van der Waals surface area contributed by atoms with E-state index in [2.05, 4.69) is 11.1 Å². The molecule has 0 amide bonds. The highest BCUT2D eigenvalue weighted by atomic mass is 16.1. The van der Waals surface area contributed by atoms with Crippen LogP contribution in [-0.2, 0) is 6.54 Å². The van der Waals surface area contributed by atoms with E-state index in [-0.39, 0.29) is 5.56 Å². The molecule has 0 saturated heterocycles. The molecule has 2 heterocycles. The van der Waals surface area contributed by atoms with Gasteiger partial charge in [-0.15, -0.1) is 0 Å². The Labute approximate surface area is 127 Å². The predicted molar refractivity (Wildman–Crippen MR) is 89.1 cm³/mol. The molecule has 2 aromatic carbocycles. The number of hydrogen-bond acceptors (Lipinski definition) is 2. The number of hydrogen-bond donors (Lipinski definition) is 0. The third kappa shape index (κ3) is 1.99. The first-order chi connectivity index (χ1) is 10.8. The Bertz CT molecular complexity index is 1020. The summed E-state index contributed by atoms with van der Waals surface area (Å²) in [6.07, 6.45) is 1.75. The lowest BCUT2D eigenvalue weighted by atomic mass is 10.1. The van der Waals surface area contributed by atoms with Crippen LogP contribution in [0.3, 0.4) is 0 Å². The van der Waals surface area contributed by atoms with E-state index in [0.29, 0.717) is 6.54 Å². The molecule has 0 atom stereocenters. The fourth-order valence-electron chi connectivity index (χ4n) is 2.91. The van der Waals surface area contributed by atoms with Gasteiger partial charge in [0.1, 0.15) is 0 Å². The number of aromatic nitrogens is 2. The number of benzene rings is 2. The van der Waals surface area contributed by atoms with E-state index in [9.17, 15) is 4.79 Å². The molecular formula is C19H14N2O. The molecule has 0 aliphatic heterocycles. The molecule has 0 spiro atoms. The highest BCUT2D eigenvalue weighted by Gasteiger charge is 2.10. The Morgan fingerprint density at radius 2 is 1.45 bits per heavy atom. The van der Waals surface area contributed by atoms with Crippen molar-refractivity contribution in [1.29, 1.82) is 0 Å². The van der Waals surface area contributed by atoms with Gasteiger partial charge in [0, 0.05) is 17.0 Å². The normalized spacial score (nSPS) is 11.1. The molecule has 2 aromatic heterocycles. The molecule has 4 aromatic rings. The summed E-state index contributed by atoms with van der Waals surface area (Å²) in [5.41, 5.74) is 1.85. The molecule has 0 saturated carbocycles. The molecule has 0 bridgehead atoms. The minimum absolute atomic E-state index is 0.0277. The van der Waals surface area contributed by atoms with Gasteiger partial charge in [0.15, 0.2) is 0 Å². The maximum atomic E-state index is 12.9. The van der Waals surface area contributed by atoms with Crippen molar-refractivity contribution in [2.45, 2.75) is 6.54 Å². The Kier molecular flexibility index (Phi) is 2.97. The highest BCUT2D eigenvalue weighted by Crippen LogP contribution is 2.22. The lowest BCUT2D eigenvalue weighted by Gasteiger charge is -2.12. The van der Waals surface area contributed by atoms with Crippen LogP contribution in [0, 0.1) is 0 Å². The van der Waals surface area contributed by atoms with Gasteiger partial charge in [-0.25, -0.2) is 0 Å². The smallest absolute Gasteiger partial charge is 0.259 e. The third-order valence-corrected chi connectivity index (χ3v) is 3.93. The van der Waals surface area contributed by atoms with E-state index >= 15 is 0 Å². The summed E-state index contributed by atoms with van der Waals surface area (Å²) in [7, 11) is 0. The first-order valence-electron chi connectivity index (χ1n) is 7.25. The van der Waals surface area contributed by atoms with Crippen molar-refractivity contribution in [2.24, 2.45) is 0 Å². The number of nitrogens with zero attached hydrogens (tertiary/aromatic N) is 2. The van der Waals surface area contributed by atoms with Crippen LogP contribution < -0.4 is 5.56 Å². The van der Waals surface area contributed by atoms with Crippen LogP contribution >= 0.6 is 0 Å². The molecule has 3 nitrogen and oxygen atoms in total. The Morgan fingerprint density at radius 1 is 0.773 bits per heavy atom. The van der Waals surface area contributed by atoms with Crippen LogP contribution in [0.25, 0.3) is 21.7 Å². The number of rotatable bonds is 2. The minimum atomic E-state index is 0.0277. The molecule has 0 radical (unpaired) electrons. The summed E-state index contributed by atoms with van der Waals surface area (Å²) >= 11 is 0. The van der Waals surface area contributed by atoms with Crippen LogP contribution in [0.1, 0.15) is 5.69 Å². The van der Waals surface area contributed by atoms with Gasteiger partial charge in [-0.05, 0) is 29.7 Å². The Balaban J connectivity index is 2.07. The van der Waals surface area contributed by atoms with Crippen LogP contribution in [0.4, 0.5) is 0 Å². The first kappa shape index (κ1) is 12.8. The number of fused-ring (bicyclic) bond motifs is 3. The average molecular weight is 286 g/mol. The summed E-state index contributed by atoms with van der Waals surface area (Å²) in [4.78, 5) is 17.2. The molecule has 106 valence electrons. The second-order valence-corrected chi connectivity index (χ2v) is 5.28. The predicted octanol–water partition coefficient (Wildman–Crippen LogP) is 3.60. The average Bonchev–Trinajstić information content (AvgIpc) is 2.59. The number of para-hydroxylation sites is 1. The van der Waals surface area contributed by atoms with Gasteiger partial charge in [0.25, 0.3) is 5.56 Å². The van der Waals surface area contributed by atoms with E-state index in [0.717, 1.165) is 27.4 Å². The standard InChI is InChI=1S/C19H14N2O/c22-19-17-10-2-1-8-15(17)16-9-3-4-11-18(16)21(19)13-14-7-5-6-12-20-14/h1-12H,13H2. The second kappa shape index (κ2) is 5.11. The van der Waals surface area contributed by atoms with E-state index in [1.807, 2.05) is 60.7 Å². The fourth-order valence-corrected chi connectivity index (χ4v) is 2.91. The van der Waals surface area contributed by atoms with Gasteiger partial charge < -0.3 is 4.57 Å². The summed E-state index contributed by atoms with van der Waals surface area (Å²) in [5.74, 6) is 0. The molecule has 0 fully saturated rings. The van der Waals surface area contributed by atoms with Crippen molar-refractivity contribution < 1.29 is 0 Å². The maximum absolute atomic E-state index is 12.9. The molecule has 22 heavy (non-hydrogen) atoms. The topological polar surface area (TPSA) is 34.9 Å². The largest absolute Gasteiger partial charge is 0.302 e. The zero-order valence-corrected chi connectivity index (χ0v) is 11.9. The molecular weight excluding hydrogens is 272 g/mol. The molecule has 0 aliphatic rings. The van der Waals surface area contributed by atoms with Crippen LogP contribution in [-0.4, -0.2) is 9.55 Å². The zero-order chi connectivity index (χ0) is 14.9. The van der Waals surface area contributed by atoms with Gasteiger partial charge in [0.05, 0.1) is 17.8 Å². The Morgan fingerprint density at radius 3 is 2.23 bits per heavy atom. The van der Waals surface area contributed by atoms with Crippen LogP contribution in [0.5, 0.6) is 0 Å². The molecule has 4 rings (SSSR count). The van der Waals surface area contributed by atoms with Crippen molar-refractivity contribution >= 4 is 21.7 Å². The van der Waals surface area contributed by atoms with Gasteiger partial charge in [-0.3, -0.25) is 9.78 Å². The van der Waals surface area contributed by atoms with E-state index in [1.54, 1.807) is 10.8 Å².